The second kappa shape index (κ2) is 7.42. The van der Waals surface area contributed by atoms with Crippen molar-refractivity contribution in [2.75, 3.05) is 0 Å². The van der Waals surface area contributed by atoms with E-state index in [9.17, 15) is 9.59 Å². The Bertz CT molecular complexity index is 801. The Morgan fingerprint density at radius 1 is 1.04 bits per heavy atom. The van der Waals surface area contributed by atoms with Crippen LogP contribution in [0.25, 0.3) is 11.1 Å². The molecule has 0 unspecified atom stereocenters. The quantitative estimate of drug-likeness (QED) is 0.469. The first-order valence-electron chi connectivity index (χ1n) is 7.33. The van der Waals surface area contributed by atoms with E-state index in [2.05, 4.69) is 13.2 Å². The number of carbonyl (C=O) groups is 2. The summed E-state index contributed by atoms with van der Waals surface area (Å²) < 4.78 is 10.5. The smallest absolute Gasteiger partial charge is 0.338 e. The van der Waals surface area contributed by atoms with Crippen molar-refractivity contribution in [3.63, 3.8) is 0 Å². The summed E-state index contributed by atoms with van der Waals surface area (Å²) in [5.74, 6) is -0.577. The molecule has 0 bridgehead atoms. The monoisotopic (exact) mass is 322 g/mol. The van der Waals surface area contributed by atoms with Gasteiger partial charge in [0, 0.05) is 23.3 Å². The molecule has 4 nitrogen and oxygen atoms in total. The summed E-state index contributed by atoms with van der Waals surface area (Å²) >= 11 is 0. The first-order chi connectivity index (χ1) is 11.4. The predicted molar refractivity (Wildman–Crippen MR) is 92.9 cm³/mol. The van der Waals surface area contributed by atoms with Crippen molar-refractivity contribution in [1.82, 2.24) is 0 Å². The summed E-state index contributed by atoms with van der Waals surface area (Å²) in [6.45, 7) is 10.5. The highest BCUT2D eigenvalue weighted by atomic mass is 16.5. The fraction of sp³-hybridized carbons (Fsp3) is 0.100. The van der Waals surface area contributed by atoms with Gasteiger partial charge in [-0.1, -0.05) is 43.0 Å². The number of benzene rings is 2. The Kier molecular flexibility index (Phi) is 5.32. The average Bonchev–Trinajstić information content (AvgIpc) is 2.56. The van der Waals surface area contributed by atoms with Gasteiger partial charge in [-0.05, 0) is 31.5 Å². The molecule has 0 aliphatic rings. The van der Waals surface area contributed by atoms with E-state index in [1.165, 1.54) is 6.07 Å². The van der Waals surface area contributed by atoms with Crippen LogP contribution in [-0.4, -0.2) is 11.9 Å². The van der Waals surface area contributed by atoms with E-state index in [4.69, 9.17) is 9.47 Å². The predicted octanol–water partition coefficient (Wildman–Crippen LogP) is 4.23. The fourth-order valence-electron chi connectivity index (χ4n) is 1.97. The van der Waals surface area contributed by atoms with Crippen molar-refractivity contribution in [2.24, 2.45) is 0 Å². The number of aryl methyl sites for hydroxylation is 1. The second-order valence-electron chi connectivity index (χ2n) is 5.32. The van der Waals surface area contributed by atoms with E-state index in [0.717, 1.165) is 17.2 Å². The zero-order valence-electron chi connectivity index (χ0n) is 13.7. The number of ether oxygens (including phenoxy) is 2. The molecule has 0 saturated carbocycles. The molecule has 0 N–H and O–H groups in total. The lowest BCUT2D eigenvalue weighted by Gasteiger charge is -2.12. The molecule has 0 aliphatic carbocycles. The van der Waals surface area contributed by atoms with Gasteiger partial charge in [0.1, 0.15) is 11.5 Å². The van der Waals surface area contributed by atoms with Crippen LogP contribution < -0.4 is 9.47 Å². The van der Waals surface area contributed by atoms with Crippen LogP contribution in [0.15, 0.2) is 67.3 Å². The van der Waals surface area contributed by atoms with Crippen LogP contribution in [0.1, 0.15) is 12.5 Å². The van der Waals surface area contributed by atoms with Gasteiger partial charge in [-0.15, -0.1) is 0 Å². The normalized spacial score (nSPS) is 9.92. The van der Waals surface area contributed by atoms with E-state index in [-0.39, 0.29) is 17.1 Å². The number of hydrogen-bond donors (Lipinski definition) is 0. The van der Waals surface area contributed by atoms with Crippen LogP contribution in [0.2, 0.25) is 0 Å². The van der Waals surface area contributed by atoms with Gasteiger partial charge in [-0.2, -0.15) is 0 Å². The molecule has 24 heavy (non-hydrogen) atoms. The average molecular weight is 322 g/mol. The van der Waals surface area contributed by atoms with E-state index in [0.29, 0.717) is 5.56 Å². The lowest BCUT2D eigenvalue weighted by Crippen LogP contribution is -2.09. The molecular formula is C20H18O4. The zero-order valence-corrected chi connectivity index (χ0v) is 13.7. The standard InChI is InChI=1S/C20H18O4/c1-5-19(21)24-18-12-16(23-20(22)13(2)3)10-11-17(18)15-8-6-14(4)7-9-15/h5-12H,1-2H2,3-4H3. The molecule has 0 fully saturated rings. The van der Waals surface area contributed by atoms with Gasteiger partial charge in [-0.3, -0.25) is 0 Å². The Labute approximate surface area is 141 Å². The maximum Gasteiger partial charge on any atom is 0.338 e. The molecule has 2 rings (SSSR count). The van der Waals surface area contributed by atoms with Crippen LogP contribution in [-0.2, 0) is 9.59 Å². The van der Waals surface area contributed by atoms with Crippen molar-refractivity contribution < 1.29 is 19.1 Å². The second-order valence-corrected chi connectivity index (χ2v) is 5.32. The first kappa shape index (κ1) is 17.2. The molecule has 0 aliphatic heterocycles. The number of rotatable bonds is 5. The van der Waals surface area contributed by atoms with Crippen molar-refractivity contribution in [1.29, 1.82) is 0 Å². The van der Waals surface area contributed by atoms with E-state index in [1.54, 1.807) is 19.1 Å². The van der Waals surface area contributed by atoms with Gasteiger partial charge in [0.25, 0.3) is 0 Å². The highest BCUT2D eigenvalue weighted by molar-refractivity contribution is 5.89. The lowest BCUT2D eigenvalue weighted by atomic mass is 10.0. The molecule has 0 heterocycles. The summed E-state index contributed by atoms with van der Waals surface area (Å²) in [6.07, 6.45) is 1.07. The van der Waals surface area contributed by atoms with Gasteiger partial charge >= 0.3 is 11.9 Å². The number of hydrogen-bond acceptors (Lipinski definition) is 4. The van der Waals surface area contributed by atoms with E-state index >= 15 is 0 Å². The van der Waals surface area contributed by atoms with Crippen LogP contribution in [0.3, 0.4) is 0 Å². The fourth-order valence-corrected chi connectivity index (χ4v) is 1.97. The molecule has 0 amide bonds. The molecule has 4 heteroatoms. The Hall–Kier alpha value is -3.14. The van der Waals surface area contributed by atoms with Gasteiger partial charge in [0.15, 0.2) is 0 Å². The minimum absolute atomic E-state index is 0.269. The van der Waals surface area contributed by atoms with E-state index < -0.39 is 11.9 Å². The summed E-state index contributed by atoms with van der Waals surface area (Å²) in [4.78, 5) is 23.2. The van der Waals surface area contributed by atoms with Gasteiger partial charge in [0.05, 0.1) is 0 Å². The highest BCUT2D eigenvalue weighted by Crippen LogP contribution is 2.34. The van der Waals surface area contributed by atoms with Crippen LogP contribution >= 0.6 is 0 Å². The van der Waals surface area contributed by atoms with Gasteiger partial charge in [-0.25, -0.2) is 9.59 Å². The van der Waals surface area contributed by atoms with Crippen LogP contribution in [0.4, 0.5) is 0 Å². The summed E-state index contributed by atoms with van der Waals surface area (Å²) in [6, 6.07) is 12.6. The molecule has 2 aromatic carbocycles. The molecule has 122 valence electrons. The molecule has 0 spiro atoms. The third kappa shape index (κ3) is 4.20. The third-order valence-corrected chi connectivity index (χ3v) is 3.25. The third-order valence-electron chi connectivity index (χ3n) is 3.25. The molecule has 0 aromatic heterocycles. The Morgan fingerprint density at radius 2 is 1.71 bits per heavy atom. The minimum Gasteiger partial charge on any atom is -0.423 e. The highest BCUT2D eigenvalue weighted by Gasteiger charge is 2.13. The Balaban J connectivity index is 2.44. The summed E-state index contributed by atoms with van der Waals surface area (Å²) in [7, 11) is 0. The van der Waals surface area contributed by atoms with E-state index in [1.807, 2.05) is 31.2 Å². The molecule has 0 radical (unpaired) electrons. The number of carbonyl (C=O) groups excluding carboxylic acids is 2. The minimum atomic E-state index is -0.591. The number of esters is 2. The van der Waals surface area contributed by atoms with Crippen LogP contribution in [0.5, 0.6) is 11.5 Å². The van der Waals surface area contributed by atoms with Crippen molar-refractivity contribution in [3.8, 4) is 22.6 Å². The summed E-state index contributed by atoms with van der Waals surface area (Å²) in [5.41, 5.74) is 2.99. The molecule has 0 saturated heterocycles. The molecular weight excluding hydrogens is 304 g/mol. The first-order valence-corrected chi connectivity index (χ1v) is 7.33. The Morgan fingerprint density at radius 3 is 2.29 bits per heavy atom. The maximum atomic E-state index is 11.6. The van der Waals surface area contributed by atoms with Gasteiger partial charge < -0.3 is 9.47 Å². The lowest BCUT2D eigenvalue weighted by molar-refractivity contribution is -0.130. The SMILES string of the molecule is C=CC(=O)Oc1cc(OC(=O)C(=C)C)ccc1-c1ccc(C)cc1. The van der Waals surface area contributed by atoms with Crippen LogP contribution in [0, 0.1) is 6.92 Å². The maximum absolute atomic E-state index is 11.6. The topological polar surface area (TPSA) is 52.6 Å². The molecule has 0 atom stereocenters. The zero-order chi connectivity index (χ0) is 17.7. The van der Waals surface area contributed by atoms with Crippen molar-refractivity contribution in [2.45, 2.75) is 13.8 Å². The summed E-state index contributed by atoms with van der Waals surface area (Å²) in [5, 5.41) is 0. The molecule has 2 aromatic rings. The van der Waals surface area contributed by atoms with Crippen molar-refractivity contribution in [3.05, 3.63) is 72.8 Å². The largest absolute Gasteiger partial charge is 0.423 e. The van der Waals surface area contributed by atoms with Crippen molar-refractivity contribution >= 4 is 11.9 Å². The van der Waals surface area contributed by atoms with Gasteiger partial charge in [0.2, 0.25) is 0 Å².